The summed E-state index contributed by atoms with van der Waals surface area (Å²) < 4.78 is 0. The summed E-state index contributed by atoms with van der Waals surface area (Å²) in [4.78, 5) is 0. The van der Waals surface area contributed by atoms with E-state index in [0.29, 0.717) is 0 Å². The zero-order valence-corrected chi connectivity index (χ0v) is 10.0. The molecule has 0 heterocycles. The molecule has 1 N–H and O–H groups in total. The molecule has 0 radical (unpaired) electrons. The van der Waals surface area contributed by atoms with Crippen LogP contribution in [0, 0.1) is 0 Å². The first-order valence-corrected chi connectivity index (χ1v) is 4.87. The zero-order valence-electron chi connectivity index (χ0n) is 9.21. The molecule has 1 aromatic rings. The van der Waals surface area contributed by atoms with Crippen molar-refractivity contribution in [1.82, 2.24) is 5.32 Å². The summed E-state index contributed by atoms with van der Waals surface area (Å²) in [6.07, 6.45) is 1.17. The van der Waals surface area contributed by atoms with E-state index in [4.69, 9.17) is 0 Å². The number of hydrogen-bond donors (Lipinski definition) is 1. The van der Waals surface area contributed by atoms with Crippen molar-refractivity contribution in [1.29, 1.82) is 0 Å². The van der Waals surface area contributed by atoms with Gasteiger partial charge in [-0.3, -0.25) is 0 Å². The maximum absolute atomic E-state index is 3.19. The lowest BCUT2D eigenvalue weighted by Gasteiger charge is -2.25. The van der Waals surface area contributed by atoms with Crippen LogP contribution in [-0.2, 0) is 5.41 Å². The number of nitrogens with one attached hydrogen (secondary N) is 1. The van der Waals surface area contributed by atoms with E-state index in [1.165, 1.54) is 12.0 Å². The van der Waals surface area contributed by atoms with Gasteiger partial charge in [0.25, 0.3) is 0 Å². The van der Waals surface area contributed by atoms with Crippen LogP contribution in [0.3, 0.4) is 0 Å². The third-order valence-corrected chi connectivity index (χ3v) is 2.56. The number of benzene rings is 1. The van der Waals surface area contributed by atoms with Crippen molar-refractivity contribution in [3.8, 4) is 0 Å². The van der Waals surface area contributed by atoms with Gasteiger partial charge in [-0.05, 0) is 31.0 Å². The van der Waals surface area contributed by atoms with E-state index in [0.717, 1.165) is 6.54 Å². The molecule has 0 amide bonds. The van der Waals surface area contributed by atoms with Crippen LogP contribution in [-0.4, -0.2) is 13.6 Å². The average molecular weight is 214 g/mol. The van der Waals surface area contributed by atoms with E-state index >= 15 is 0 Å². The molecule has 0 fully saturated rings. The summed E-state index contributed by atoms with van der Waals surface area (Å²) in [5.74, 6) is 0. The maximum Gasteiger partial charge on any atom is -0.00436 e. The molecule has 0 saturated heterocycles. The number of rotatable bonds is 4. The monoisotopic (exact) mass is 213 g/mol. The van der Waals surface area contributed by atoms with E-state index in [2.05, 4.69) is 49.5 Å². The molecule has 1 rings (SSSR count). The van der Waals surface area contributed by atoms with E-state index in [-0.39, 0.29) is 17.8 Å². The molecule has 80 valence electrons. The highest BCUT2D eigenvalue weighted by Gasteiger charge is 2.18. The first kappa shape index (κ1) is 13.5. The topological polar surface area (TPSA) is 12.0 Å². The molecule has 14 heavy (non-hydrogen) atoms. The molecule has 0 aromatic heterocycles. The SMILES string of the molecule is CNCCC(C)(C)c1ccccc1.Cl. The predicted molar refractivity (Wildman–Crippen MR) is 65.3 cm³/mol. The second-order valence-corrected chi connectivity index (χ2v) is 4.10. The Kier molecular flexibility index (Phi) is 5.82. The van der Waals surface area contributed by atoms with E-state index < -0.39 is 0 Å². The quantitative estimate of drug-likeness (QED) is 0.811. The van der Waals surface area contributed by atoms with Gasteiger partial charge in [-0.25, -0.2) is 0 Å². The van der Waals surface area contributed by atoms with Crippen molar-refractivity contribution in [3.05, 3.63) is 35.9 Å². The highest BCUT2D eigenvalue weighted by molar-refractivity contribution is 5.85. The van der Waals surface area contributed by atoms with Crippen LogP contribution in [0.15, 0.2) is 30.3 Å². The highest BCUT2D eigenvalue weighted by Crippen LogP contribution is 2.25. The third kappa shape index (κ3) is 3.69. The largest absolute Gasteiger partial charge is 0.320 e. The lowest BCUT2D eigenvalue weighted by Crippen LogP contribution is -2.23. The lowest BCUT2D eigenvalue weighted by molar-refractivity contribution is 0.469. The molecular weight excluding hydrogens is 194 g/mol. The second-order valence-electron chi connectivity index (χ2n) is 4.10. The average Bonchev–Trinajstić information content (AvgIpc) is 2.16. The van der Waals surface area contributed by atoms with Crippen molar-refractivity contribution in [3.63, 3.8) is 0 Å². The van der Waals surface area contributed by atoms with Crippen LogP contribution in [0.4, 0.5) is 0 Å². The fourth-order valence-corrected chi connectivity index (χ4v) is 1.47. The Balaban J connectivity index is 0.00000169. The van der Waals surface area contributed by atoms with Gasteiger partial charge in [0.1, 0.15) is 0 Å². The smallest absolute Gasteiger partial charge is 0.00436 e. The molecule has 0 aliphatic carbocycles. The molecule has 0 bridgehead atoms. The molecule has 0 unspecified atom stereocenters. The molecule has 0 aliphatic rings. The minimum absolute atomic E-state index is 0. The number of hydrogen-bond acceptors (Lipinski definition) is 1. The van der Waals surface area contributed by atoms with Crippen molar-refractivity contribution in [2.75, 3.05) is 13.6 Å². The van der Waals surface area contributed by atoms with Crippen LogP contribution >= 0.6 is 12.4 Å². The summed E-state index contributed by atoms with van der Waals surface area (Å²) in [6.45, 7) is 5.65. The van der Waals surface area contributed by atoms with Gasteiger partial charge in [0, 0.05) is 0 Å². The van der Waals surface area contributed by atoms with Crippen LogP contribution in [0.25, 0.3) is 0 Å². The van der Waals surface area contributed by atoms with Crippen molar-refractivity contribution in [2.45, 2.75) is 25.7 Å². The van der Waals surface area contributed by atoms with Crippen molar-refractivity contribution < 1.29 is 0 Å². The van der Waals surface area contributed by atoms with E-state index in [9.17, 15) is 0 Å². The maximum atomic E-state index is 3.19. The number of halogens is 1. The van der Waals surface area contributed by atoms with Gasteiger partial charge >= 0.3 is 0 Å². The summed E-state index contributed by atoms with van der Waals surface area (Å²) in [5, 5.41) is 3.19. The van der Waals surface area contributed by atoms with Gasteiger partial charge in [0.05, 0.1) is 0 Å². The summed E-state index contributed by atoms with van der Waals surface area (Å²) in [5.41, 5.74) is 1.70. The van der Waals surface area contributed by atoms with Gasteiger partial charge in [0.15, 0.2) is 0 Å². The molecule has 0 saturated carbocycles. The Morgan fingerprint density at radius 1 is 1.14 bits per heavy atom. The molecule has 0 spiro atoms. The first-order valence-electron chi connectivity index (χ1n) is 4.87. The Morgan fingerprint density at radius 3 is 2.21 bits per heavy atom. The molecule has 2 heteroatoms. The van der Waals surface area contributed by atoms with E-state index in [1.54, 1.807) is 0 Å². The minimum Gasteiger partial charge on any atom is -0.320 e. The van der Waals surface area contributed by atoms with Crippen LogP contribution < -0.4 is 5.32 Å². The highest BCUT2D eigenvalue weighted by atomic mass is 35.5. The first-order chi connectivity index (χ1) is 6.17. The molecule has 0 aliphatic heterocycles. The standard InChI is InChI=1S/C12H19N.ClH/c1-12(2,9-10-13-3)11-7-5-4-6-8-11;/h4-8,13H,9-10H2,1-3H3;1H. The zero-order chi connectivity index (χ0) is 9.73. The molecule has 1 nitrogen and oxygen atoms in total. The van der Waals surface area contributed by atoms with Gasteiger partial charge in [0.2, 0.25) is 0 Å². The predicted octanol–water partition coefficient (Wildman–Crippen LogP) is 3.00. The van der Waals surface area contributed by atoms with Crippen LogP contribution in [0.2, 0.25) is 0 Å². The lowest BCUT2D eigenvalue weighted by atomic mass is 9.82. The fourth-order valence-electron chi connectivity index (χ4n) is 1.47. The second kappa shape index (κ2) is 6.05. The van der Waals surface area contributed by atoms with Crippen LogP contribution in [0.1, 0.15) is 25.8 Å². The summed E-state index contributed by atoms with van der Waals surface area (Å²) in [6, 6.07) is 10.7. The Labute approximate surface area is 93.3 Å². The van der Waals surface area contributed by atoms with Gasteiger partial charge in [-0.2, -0.15) is 0 Å². The van der Waals surface area contributed by atoms with Crippen molar-refractivity contribution in [2.24, 2.45) is 0 Å². The van der Waals surface area contributed by atoms with Gasteiger partial charge in [-0.1, -0.05) is 44.2 Å². The minimum atomic E-state index is 0. The molecular formula is C12H20ClN. The van der Waals surface area contributed by atoms with Crippen LogP contribution in [0.5, 0.6) is 0 Å². The Morgan fingerprint density at radius 2 is 1.71 bits per heavy atom. The fraction of sp³-hybridized carbons (Fsp3) is 0.500. The normalized spacial score (nSPS) is 10.8. The molecule has 1 aromatic carbocycles. The van der Waals surface area contributed by atoms with E-state index in [1.807, 2.05) is 7.05 Å². The summed E-state index contributed by atoms with van der Waals surface area (Å²) in [7, 11) is 2.00. The van der Waals surface area contributed by atoms with Gasteiger partial charge < -0.3 is 5.32 Å². The van der Waals surface area contributed by atoms with Gasteiger partial charge in [-0.15, -0.1) is 12.4 Å². The Bertz CT molecular complexity index is 244. The summed E-state index contributed by atoms with van der Waals surface area (Å²) >= 11 is 0. The molecule has 0 atom stereocenters. The third-order valence-electron chi connectivity index (χ3n) is 2.56. The Hall–Kier alpha value is -0.530. The van der Waals surface area contributed by atoms with Crippen molar-refractivity contribution >= 4 is 12.4 Å².